The van der Waals surface area contributed by atoms with E-state index in [1.807, 2.05) is 4.90 Å². The Kier molecular flexibility index (Phi) is 7.31. The summed E-state index contributed by atoms with van der Waals surface area (Å²) in [5.41, 5.74) is 1.66. The minimum Gasteiger partial charge on any atom is -0.502 e. The number of benzene rings is 2. The van der Waals surface area contributed by atoms with Gasteiger partial charge in [-0.15, -0.1) is 0 Å². The average Bonchev–Trinajstić information content (AvgIpc) is 3.21. The van der Waals surface area contributed by atoms with E-state index in [9.17, 15) is 14.4 Å². The van der Waals surface area contributed by atoms with Gasteiger partial charge in [-0.05, 0) is 35.0 Å². The Morgan fingerprint density at radius 3 is 2.31 bits per heavy atom. The van der Waals surface area contributed by atoms with Gasteiger partial charge in [-0.3, -0.25) is 19.7 Å². The lowest BCUT2D eigenvalue weighted by Crippen LogP contribution is -2.53. The summed E-state index contributed by atoms with van der Waals surface area (Å²) in [4.78, 5) is 40.4. The number of nitrogens with zero attached hydrogens (tertiary/aromatic N) is 2. The molecule has 8 nitrogen and oxygen atoms in total. The van der Waals surface area contributed by atoms with E-state index in [-0.39, 0.29) is 53.4 Å². The van der Waals surface area contributed by atoms with Crippen LogP contribution in [0.5, 0.6) is 5.75 Å². The van der Waals surface area contributed by atoms with E-state index in [1.54, 1.807) is 30.3 Å². The third kappa shape index (κ3) is 5.09. The van der Waals surface area contributed by atoms with E-state index in [0.717, 1.165) is 0 Å². The summed E-state index contributed by atoms with van der Waals surface area (Å²) in [7, 11) is 38.5. The molecule has 2 saturated heterocycles. The molecule has 5 rings (SSSR count). The number of hydrogen-bond acceptors (Lipinski definition) is 6. The van der Waals surface area contributed by atoms with Crippen LogP contribution in [0, 0.1) is 0 Å². The molecule has 2 aromatic carbocycles. The highest BCUT2D eigenvalue weighted by molar-refractivity contribution is 6.48. The molecule has 39 heavy (non-hydrogen) atoms. The Balaban J connectivity index is 1.41. The second-order valence-electron chi connectivity index (χ2n) is 10.0. The van der Waals surface area contributed by atoms with Crippen molar-refractivity contribution >= 4 is 75.7 Å². The molecule has 0 spiro atoms. The van der Waals surface area contributed by atoms with Gasteiger partial charge in [0, 0.05) is 36.0 Å². The van der Waals surface area contributed by atoms with Crippen LogP contribution in [-0.2, 0) is 31.6 Å². The first-order chi connectivity index (χ1) is 18.4. The Morgan fingerprint density at radius 2 is 1.67 bits per heavy atom. The molecule has 3 aliphatic heterocycles. The van der Waals surface area contributed by atoms with E-state index in [4.69, 9.17) is 56.6 Å². The van der Waals surface area contributed by atoms with Crippen LogP contribution in [0.4, 0.5) is 0 Å². The molecule has 0 aliphatic carbocycles. The molecule has 0 bridgehead atoms. The number of piperidine rings is 1. The third-order valence-electron chi connectivity index (χ3n) is 7.40. The van der Waals surface area contributed by atoms with Crippen LogP contribution >= 0.6 is 0 Å². The normalized spacial score (nSPS) is 20.6. The zero-order valence-corrected chi connectivity index (χ0v) is 21.3. The highest BCUT2D eigenvalue weighted by Crippen LogP contribution is 2.36. The van der Waals surface area contributed by atoms with Crippen molar-refractivity contribution in [1.29, 1.82) is 0 Å². The number of carbonyl (C=O) groups is 3. The Labute approximate surface area is 235 Å². The number of morpholine rings is 1. The van der Waals surface area contributed by atoms with Crippen LogP contribution in [-0.4, -0.2) is 107 Å². The Morgan fingerprint density at radius 1 is 1.00 bits per heavy atom. The summed E-state index contributed by atoms with van der Waals surface area (Å²) in [6.07, 6.45) is 0.369. The summed E-state index contributed by atoms with van der Waals surface area (Å²) >= 11 is 0. The predicted octanol–water partition coefficient (Wildman–Crippen LogP) is -2.66. The predicted molar refractivity (Wildman–Crippen MR) is 149 cm³/mol. The molecule has 1 N–H and O–H groups in total. The first-order valence-electron chi connectivity index (χ1n) is 12.5. The molecule has 3 heterocycles. The second kappa shape index (κ2) is 10.3. The lowest BCUT2D eigenvalue weighted by atomic mass is 9.52. The molecule has 184 valence electrons. The molecule has 3 amide bonds. The van der Waals surface area contributed by atoms with Gasteiger partial charge in [0.1, 0.15) is 43.2 Å². The van der Waals surface area contributed by atoms with Crippen molar-refractivity contribution < 1.29 is 23.9 Å². The summed E-state index contributed by atoms with van der Waals surface area (Å²) < 4.78 is 11.4. The van der Waals surface area contributed by atoms with E-state index in [0.29, 0.717) is 43.0 Å². The number of imide groups is 1. The van der Waals surface area contributed by atoms with Gasteiger partial charge in [-0.2, -0.15) is 0 Å². The monoisotopic (exact) mass is 509 g/mol. The number of hydrogen-bond donors (Lipinski definition) is 1. The molecule has 14 heteroatoms. The van der Waals surface area contributed by atoms with Gasteiger partial charge in [-0.25, -0.2) is 0 Å². The zero-order chi connectivity index (χ0) is 28.1. The summed E-state index contributed by atoms with van der Waals surface area (Å²) in [5.74, 6) is -1.02. The Bertz CT molecular complexity index is 1320. The number of rotatable bonds is 6. The highest BCUT2D eigenvalue weighted by atomic mass is 16.5. The molecule has 0 aromatic heterocycles. The van der Waals surface area contributed by atoms with Gasteiger partial charge in [0.25, 0.3) is 5.91 Å². The summed E-state index contributed by atoms with van der Waals surface area (Å²) in [6, 6.07) is 7.18. The maximum atomic E-state index is 13.1. The fourth-order valence-corrected chi connectivity index (χ4v) is 5.37. The quantitative estimate of drug-likeness (QED) is 0.339. The molecular formula is C25H21B6N3O5. The van der Waals surface area contributed by atoms with Crippen LogP contribution in [0.15, 0.2) is 30.3 Å². The van der Waals surface area contributed by atoms with Crippen LogP contribution in [0.1, 0.15) is 39.9 Å². The number of ether oxygens (including phenoxy) is 2. The zero-order valence-electron chi connectivity index (χ0n) is 21.3. The van der Waals surface area contributed by atoms with Gasteiger partial charge >= 0.3 is 0 Å². The van der Waals surface area contributed by atoms with E-state index < -0.39 is 22.7 Å². The largest absolute Gasteiger partial charge is 0.502 e. The third-order valence-corrected chi connectivity index (χ3v) is 7.40. The van der Waals surface area contributed by atoms with Crippen LogP contribution in [0.2, 0.25) is 0 Å². The van der Waals surface area contributed by atoms with Crippen molar-refractivity contribution in [3.8, 4) is 5.75 Å². The molecule has 2 fully saturated rings. The molecule has 1 atom stereocenters. The number of carbonyl (C=O) groups excluding carboxylic acids is 3. The smallest absolute Gasteiger partial charge is 0.255 e. The van der Waals surface area contributed by atoms with Gasteiger partial charge in [0.05, 0.1) is 35.5 Å². The van der Waals surface area contributed by atoms with E-state index in [1.165, 1.54) is 4.90 Å². The van der Waals surface area contributed by atoms with Crippen LogP contribution in [0.25, 0.3) is 0 Å². The summed E-state index contributed by atoms with van der Waals surface area (Å²) in [6.45, 7) is 2.12. The lowest BCUT2D eigenvalue weighted by molar-refractivity contribution is -0.136. The van der Waals surface area contributed by atoms with Crippen molar-refractivity contribution in [2.24, 2.45) is 0 Å². The minimum atomic E-state index is -2.00. The van der Waals surface area contributed by atoms with Gasteiger partial charge in [0.15, 0.2) is 0 Å². The average molecular weight is 508 g/mol. The number of amides is 3. The van der Waals surface area contributed by atoms with Crippen LogP contribution < -0.4 is 21.0 Å². The first kappa shape index (κ1) is 27.7. The maximum absolute atomic E-state index is 13.1. The van der Waals surface area contributed by atoms with Crippen molar-refractivity contribution in [3.63, 3.8) is 0 Å². The first-order valence-corrected chi connectivity index (χ1v) is 12.5. The Hall–Kier alpha value is -2.84. The lowest BCUT2D eigenvalue weighted by Gasteiger charge is -2.43. The SMILES string of the molecule is [B]c1cc(C([B])([B])N2CCOCC2)cc([B])c1C([B])([B])Oc1cccc2c1CN(C1CCC(=O)NC1=O)C2=O. The van der Waals surface area contributed by atoms with Crippen molar-refractivity contribution in [2.75, 3.05) is 26.3 Å². The molecule has 12 radical (unpaired) electrons. The molecule has 1 unspecified atom stereocenters. The molecular weight excluding hydrogens is 487 g/mol. The van der Waals surface area contributed by atoms with E-state index in [2.05, 4.69) is 5.32 Å². The topological polar surface area (TPSA) is 88.2 Å². The fourth-order valence-electron chi connectivity index (χ4n) is 5.37. The molecule has 0 saturated carbocycles. The van der Waals surface area contributed by atoms with E-state index >= 15 is 0 Å². The fraction of sp³-hybridized carbons (Fsp3) is 0.400. The second-order valence-corrected chi connectivity index (χ2v) is 10.0. The van der Waals surface area contributed by atoms with Crippen molar-refractivity contribution in [1.82, 2.24) is 15.1 Å². The molecule has 3 aliphatic rings. The van der Waals surface area contributed by atoms with Crippen molar-refractivity contribution in [2.45, 2.75) is 36.2 Å². The standard InChI is InChI=1S/C25H21B6N3O5/c26-16-10-13(24(28,29)33-6-8-38-9-7-33)11-17(27)21(16)25(30,31)39-19-3-1-2-14-15(19)12-34(23(14)37)18-4-5-20(35)32-22(18)36/h1-3,10-11,18H,4-9,12H2,(H,32,35,36). The van der Waals surface area contributed by atoms with Gasteiger partial charge < -0.3 is 19.3 Å². The highest BCUT2D eigenvalue weighted by Gasteiger charge is 2.41. The van der Waals surface area contributed by atoms with Gasteiger partial charge in [-0.1, -0.05) is 29.1 Å². The number of fused-ring (bicyclic) bond motifs is 1. The van der Waals surface area contributed by atoms with Crippen LogP contribution in [0.3, 0.4) is 0 Å². The maximum Gasteiger partial charge on any atom is 0.255 e. The summed E-state index contributed by atoms with van der Waals surface area (Å²) in [5, 5.41) is -1.09. The van der Waals surface area contributed by atoms with Gasteiger partial charge in [0.2, 0.25) is 11.8 Å². The minimum absolute atomic E-state index is 0.0685. The number of nitrogens with one attached hydrogen (secondary N) is 1. The van der Waals surface area contributed by atoms with Crippen molar-refractivity contribution in [3.05, 3.63) is 52.6 Å². The molecule has 2 aromatic rings.